The normalized spacial score (nSPS) is 18.7. The van der Waals surface area contributed by atoms with Crippen molar-refractivity contribution in [2.24, 2.45) is 0 Å². The van der Waals surface area contributed by atoms with Crippen LogP contribution in [0.4, 0.5) is 0 Å². The highest BCUT2D eigenvalue weighted by atomic mass is 16.3. The lowest BCUT2D eigenvalue weighted by Gasteiger charge is -2.31. The van der Waals surface area contributed by atoms with Crippen molar-refractivity contribution >= 4 is 16.9 Å². The molecule has 4 rings (SSSR count). The van der Waals surface area contributed by atoms with Crippen LogP contribution >= 0.6 is 0 Å². The first-order valence-corrected chi connectivity index (χ1v) is 7.59. The van der Waals surface area contributed by atoms with Gasteiger partial charge < -0.3 is 14.3 Å². The number of rotatable bonds is 2. The molecular formula is C17H17N3O2. The minimum Gasteiger partial charge on any atom is -0.459 e. The van der Waals surface area contributed by atoms with Crippen LogP contribution in [0.2, 0.25) is 0 Å². The Labute approximate surface area is 127 Å². The highest BCUT2D eigenvalue weighted by molar-refractivity contribution is 5.91. The maximum absolute atomic E-state index is 12.4. The topological polar surface area (TPSA) is 62.1 Å². The zero-order chi connectivity index (χ0) is 14.9. The fourth-order valence-electron chi connectivity index (χ4n) is 3.11. The molecule has 3 heterocycles. The Morgan fingerprint density at radius 2 is 2.18 bits per heavy atom. The zero-order valence-electron chi connectivity index (χ0n) is 12.2. The smallest absolute Gasteiger partial charge is 0.289 e. The van der Waals surface area contributed by atoms with Gasteiger partial charge in [-0.15, -0.1) is 0 Å². The molecule has 1 aromatic carbocycles. The Hall–Kier alpha value is -2.56. The second-order valence-electron chi connectivity index (χ2n) is 5.71. The van der Waals surface area contributed by atoms with Gasteiger partial charge in [-0.3, -0.25) is 4.79 Å². The van der Waals surface area contributed by atoms with Gasteiger partial charge in [0.25, 0.3) is 5.91 Å². The van der Waals surface area contributed by atoms with Crippen LogP contribution in [0.1, 0.15) is 35.1 Å². The lowest BCUT2D eigenvalue weighted by molar-refractivity contribution is 0.0672. The minimum atomic E-state index is -0.0363. The van der Waals surface area contributed by atoms with Gasteiger partial charge >= 0.3 is 0 Å². The number of nitrogens with zero attached hydrogens (tertiary/aromatic N) is 2. The van der Waals surface area contributed by atoms with Crippen molar-refractivity contribution in [2.45, 2.75) is 18.8 Å². The highest BCUT2D eigenvalue weighted by Gasteiger charge is 2.28. The van der Waals surface area contributed by atoms with Crippen LogP contribution in [0.5, 0.6) is 0 Å². The molecule has 0 spiro atoms. The molecule has 1 fully saturated rings. The summed E-state index contributed by atoms with van der Waals surface area (Å²) in [6, 6.07) is 11.5. The Kier molecular flexibility index (Phi) is 3.18. The van der Waals surface area contributed by atoms with Gasteiger partial charge in [-0.25, -0.2) is 4.98 Å². The van der Waals surface area contributed by atoms with E-state index in [9.17, 15) is 4.79 Å². The highest BCUT2D eigenvalue weighted by Crippen LogP contribution is 2.27. The van der Waals surface area contributed by atoms with Crippen LogP contribution in [-0.2, 0) is 0 Å². The second kappa shape index (κ2) is 5.33. The SMILES string of the molecule is O=C(c1ccco1)N1CCCC(c2nc3ccccc3[nH]2)C1. The first kappa shape index (κ1) is 13.1. The molecule has 1 atom stereocenters. The van der Waals surface area contributed by atoms with E-state index >= 15 is 0 Å². The van der Waals surface area contributed by atoms with Gasteiger partial charge in [-0.05, 0) is 37.1 Å². The summed E-state index contributed by atoms with van der Waals surface area (Å²) in [7, 11) is 0. The van der Waals surface area contributed by atoms with E-state index in [1.807, 2.05) is 29.2 Å². The first-order chi connectivity index (χ1) is 10.8. The number of piperidine rings is 1. The number of H-pyrrole nitrogens is 1. The summed E-state index contributed by atoms with van der Waals surface area (Å²) in [6.45, 7) is 1.45. The Bertz CT molecular complexity index is 758. The van der Waals surface area contributed by atoms with E-state index in [2.05, 4.69) is 9.97 Å². The number of carbonyl (C=O) groups is 1. The average Bonchev–Trinajstić information content (AvgIpc) is 3.23. The molecule has 3 aromatic rings. The molecule has 1 aliphatic heterocycles. The van der Waals surface area contributed by atoms with Crippen molar-refractivity contribution in [1.82, 2.24) is 14.9 Å². The fraction of sp³-hybridized carbons (Fsp3) is 0.294. The quantitative estimate of drug-likeness (QED) is 0.790. The molecule has 112 valence electrons. The number of fused-ring (bicyclic) bond motifs is 1. The molecule has 5 heteroatoms. The van der Waals surface area contributed by atoms with Crippen LogP contribution < -0.4 is 0 Å². The minimum absolute atomic E-state index is 0.0363. The third-order valence-corrected chi connectivity index (χ3v) is 4.23. The molecule has 0 radical (unpaired) electrons. The van der Waals surface area contributed by atoms with E-state index in [0.717, 1.165) is 36.2 Å². The molecule has 1 aliphatic rings. The van der Waals surface area contributed by atoms with Crippen molar-refractivity contribution in [3.05, 3.63) is 54.2 Å². The van der Waals surface area contributed by atoms with E-state index in [4.69, 9.17) is 4.42 Å². The van der Waals surface area contributed by atoms with E-state index in [-0.39, 0.29) is 11.8 Å². The van der Waals surface area contributed by atoms with Crippen molar-refractivity contribution in [3.63, 3.8) is 0 Å². The van der Waals surface area contributed by atoms with E-state index in [1.165, 1.54) is 6.26 Å². The molecule has 0 aliphatic carbocycles. The fourth-order valence-corrected chi connectivity index (χ4v) is 3.11. The molecule has 0 bridgehead atoms. The number of nitrogens with one attached hydrogen (secondary N) is 1. The number of benzene rings is 1. The number of imidazole rings is 1. The third-order valence-electron chi connectivity index (χ3n) is 4.23. The Balaban J connectivity index is 1.56. The van der Waals surface area contributed by atoms with Crippen molar-refractivity contribution < 1.29 is 9.21 Å². The van der Waals surface area contributed by atoms with Gasteiger partial charge in [-0.2, -0.15) is 0 Å². The monoisotopic (exact) mass is 295 g/mol. The van der Waals surface area contributed by atoms with E-state index in [0.29, 0.717) is 12.3 Å². The second-order valence-corrected chi connectivity index (χ2v) is 5.71. The average molecular weight is 295 g/mol. The predicted octanol–water partition coefficient (Wildman–Crippen LogP) is 3.18. The maximum atomic E-state index is 12.4. The van der Waals surface area contributed by atoms with Crippen molar-refractivity contribution in [1.29, 1.82) is 0 Å². The zero-order valence-corrected chi connectivity index (χ0v) is 12.2. The summed E-state index contributed by atoms with van der Waals surface area (Å²) in [5.41, 5.74) is 2.03. The number of amides is 1. The number of aromatic amines is 1. The molecule has 1 amide bonds. The Morgan fingerprint density at radius 3 is 3.00 bits per heavy atom. The molecule has 2 aromatic heterocycles. The standard InChI is InChI=1S/C17H17N3O2/c21-17(15-8-4-10-22-15)20-9-3-5-12(11-20)16-18-13-6-1-2-7-14(13)19-16/h1-2,4,6-8,10,12H,3,5,9,11H2,(H,18,19). The number of likely N-dealkylation sites (tertiary alicyclic amines) is 1. The van der Waals surface area contributed by atoms with Gasteiger partial charge in [0.1, 0.15) is 5.82 Å². The Morgan fingerprint density at radius 1 is 1.27 bits per heavy atom. The van der Waals surface area contributed by atoms with Crippen LogP contribution in [0, 0.1) is 0 Å². The van der Waals surface area contributed by atoms with Gasteiger partial charge in [0.2, 0.25) is 0 Å². The first-order valence-electron chi connectivity index (χ1n) is 7.59. The summed E-state index contributed by atoms with van der Waals surface area (Å²) < 4.78 is 5.22. The van der Waals surface area contributed by atoms with Crippen LogP contribution in [0.3, 0.4) is 0 Å². The van der Waals surface area contributed by atoms with Gasteiger partial charge in [0.15, 0.2) is 5.76 Å². The van der Waals surface area contributed by atoms with Crippen LogP contribution in [-0.4, -0.2) is 33.9 Å². The van der Waals surface area contributed by atoms with Gasteiger partial charge in [0.05, 0.1) is 17.3 Å². The predicted molar refractivity (Wildman–Crippen MR) is 82.7 cm³/mol. The molecule has 22 heavy (non-hydrogen) atoms. The molecular weight excluding hydrogens is 278 g/mol. The number of carbonyl (C=O) groups excluding carboxylic acids is 1. The molecule has 1 saturated heterocycles. The number of aromatic nitrogens is 2. The number of para-hydroxylation sites is 2. The summed E-state index contributed by atoms with van der Waals surface area (Å²) >= 11 is 0. The molecule has 0 saturated carbocycles. The van der Waals surface area contributed by atoms with E-state index < -0.39 is 0 Å². The number of hydrogen-bond acceptors (Lipinski definition) is 3. The maximum Gasteiger partial charge on any atom is 0.289 e. The lowest BCUT2D eigenvalue weighted by atomic mass is 9.97. The van der Waals surface area contributed by atoms with Gasteiger partial charge in [0, 0.05) is 19.0 Å². The number of furan rings is 1. The van der Waals surface area contributed by atoms with Crippen molar-refractivity contribution in [3.8, 4) is 0 Å². The molecule has 1 N–H and O–H groups in total. The van der Waals surface area contributed by atoms with Crippen LogP contribution in [0.25, 0.3) is 11.0 Å². The summed E-state index contributed by atoms with van der Waals surface area (Å²) in [5, 5.41) is 0. The third kappa shape index (κ3) is 2.28. The number of hydrogen-bond donors (Lipinski definition) is 1. The molecule has 5 nitrogen and oxygen atoms in total. The van der Waals surface area contributed by atoms with E-state index in [1.54, 1.807) is 12.1 Å². The lowest BCUT2D eigenvalue weighted by Crippen LogP contribution is -2.39. The van der Waals surface area contributed by atoms with Crippen molar-refractivity contribution in [2.75, 3.05) is 13.1 Å². The largest absolute Gasteiger partial charge is 0.459 e. The summed E-state index contributed by atoms with van der Waals surface area (Å²) in [5.74, 6) is 1.59. The molecule has 1 unspecified atom stereocenters. The summed E-state index contributed by atoms with van der Waals surface area (Å²) in [4.78, 5) is 22.3. The summed E-state index contributed by atoms with van der Waals surface area (Å²) in [6.07, 6.45) is 3.56. The van der Waals surface area contributed by atoms with Gasteiger partial charge in [-0.1, -0.05) is 12.1 Å². The van der Waals surface area contributed by atoms with Crippen LogP contribution in [0.15, 0.2) is 47.1 Å².